The molecule has 11 heteroatoms. The number of fused-ring (bicyclic) bond motifs is 4. The van der Waals surface area contributed by atoms with Gasteiger partial charge in [-0.05, 0) is 64.3 Å². The average molecular weight is 582 g/mol. The van der Waals surface area contributed by atoms with Gasteiger partial charge in [-0.15, -0.1) is 11.3 Å². The van der Waals surface area contributed by atoms with Crippen molar-refractivity contribution in [3.63, 3.8) is 0 Å². The number of hydrogen-bond acceptors (Lipinski definition) is 9. The van der Waals surface area contributed by atoms with Gasteiger partial charge in [-0.25, -0.2) is 9.37 Å². The molecule has 6 heterocycles. The number of ether oxygens (including phenoxy) is 1. The Morgan fingerprint density at radius 3 is 2.73 bits per heavy atom. The number of benzene rings is 1. The van der Waals surface area contributed by atoms with Crippen LogP contribution in [0.5, 0.6) is 6.01 Å². The van der Waals surface area contributed by atoms with Crippen molar-refractivity contribution in [2.45, 2.75) is 63.7 Å². The van der Waals surface area contributed by atoms with Crippen LogP contribution in [0, 0.1) is 5.82 Å². The van der Waals surface area contributed by atoms with Crippen LogP contribution in [0.3, 0.4) is 0 Å². The second-order valence-corrected chi connectivity index (χ2v) is 12.8. The van der Waals surface area contributed by atoms with Crippen LogP contribution in [-0.2, 0) is 0 Å². The summed E-state index contributed by atoms with van der Waals surface area (Å²) in [5.41, 5.74) is 7.70. The summed E-state index contributed by atoms with van der Waals surface area (Å²) in [7, 11) is 0. The lowest BCUT2D eigenvalue weighted by atomic mass is 10.0. The molecule has 3 aromatic heterocycles. The number of nitrogen functional groups attached to an aromatic ring is 1. The summed E-state index contributed by atoms with van der Waals surface area (Å²) in [6.07, 6.45) is 4.46. The van der Waals surface area contributed by atoms with Crippen LogP contribution in [0.1, 0.15) is 39.5 Å². The fraction of sp³-hybridized carbons (Fsp3) is 0.483. The van der Waals surface area contributed by atoms with Crippen LogP contribution in [0.2, 0.25) is 5.02 Å². The van der Waals surface area contributed by atoms with Gasteiger partial charge in [-0.3, -0.25) is 4.90 Å². The van der Waals surface area contributed by atoms with Gasteiger partial charge in [0.05, 0.1) is 15.2 Å². The third kappa shape index (κ3) is 4.55. The van der Waals surface area contributed by atoms with Gasteiger partial charge in [0.25, 0.3) is 0 Å². The molecule has 0 radical (unpaired) electrons. The predicted molar refractivity (Wildman–Crippen MR) is 160 cm³/mol. The molecular formula is C29H33ClFN7OS. The number of likely N-dealkylation sites (tertiary alicyclic amines) is 1. The summed E-state index contributed by atoms with van der Waals surface area (Å²) in [6, 6.07) is 7.14. The maximum absolute atomic E-state index is 16.6. The first-order valence-corrected chi connectivity index (χ1v) is 15.3. The second-order valence-electron chi connectivity index (χ2n) is 11.5. The highest BCUT2D eigenvalue weighted by Crippen LogP contribution is 2.43. The van der Waals surface area contributed by atoms with Crippen LogP contribution in [0.4, 0.5) is 16.0 Å². The topological polar surface area (TPSA) is 92.4 Å². The molecule has 0 aliphatic carbocycles. The molecule has 2 unspecified atom stereocenters. The van der Waals surface area contributed by atoms with E-state index in [9.17, 15) is 0 Å². The minimum Gasteiger partial charge on any atom is -0.462 e. The fourth-order valence-electron chi connectivity index (χ4n) is 6.67. The van der Waals surface area contributed by atoms with E-state index in [2.05, 4.69) is 38.9 Å². The Balaban J connectivity index is 1.34. The number of hydrogen-bond donors (Lipinski definition) is 2. The number of thiophene rings is 1. The van der Waals surface area contributed by atoms with Crippen molar-refractivity contribution in [1.82, 2.24) is 25.2 Å². The van der Waals surface area contributed by atoms with Crippen LogP contribution < -0.4 is 20.7 Å². The summed E-state index contributed by atoms with van der Waals surface area (Å²) in [4.78, 5) is 18.7. The Bertz CT molecular complexity index is 1580. The minimum atomic E-state index is -0.497. The highest BCUT2D eigenvalue weighted by molar-refractivity contribution is 7.17. The molecule has 0 amide bonds. The van der Waals surface area contributed by atoms with Gasteiger partial charge in [0.15, 0.2) is 5.82 Å². The Labute approximate surface area is 241 Å². The first kappa shape index (κ1) is 26.1. The molecule has 3 saturated heterocycles. The number of nitrogens with two attached hydrogens (primary N) is 1. The maximum atomic E-state index is 16.6. The molecule has 3 aliphatic heterocycles. The van der Waals surface area contributed by atoms with Crippen molar-refractivity contribution >= 4 is 55.7 Å². The van der Waals surface area contributed by atoms with E-state index in [0.717, 1.165) is 50.0 Å². The van der Waals surface area contributed by atoms with Crippen molar-refractivity contribution in [2.24, 2.45) is 0 Å². The number of nitrogens with one attached hydrogen (secondary N) is 1. The molecule has 1 aromatic carbocycles. The third-order valence-electron chi connectivity index (χ3n) is 8.56. The van der Waals surface area contributed by atoms with Crippen LogP contribution in [-0.4, -0.2) is 70.3 Å². The van der Waals surface area contributed by atoms with E-state index in [-0.39, 0.29) is 23.1 Å². The van der Waals surface area contributed by atoms with E-state index < -0.39 is 5.82 Å². The van der Waals surface area contributed by atoms with E-state index in [0.29, 0.717) is 57.9 Å². The number of pyridine rings is 1. The summed E-state index contributed by atoms with van der Waals surface area (Å²) in [6.45, 7) is 7.53. The second kappa shape index (κ2) is 10.2. The summed E-state index contributed by atoms with van der Waals surface area (Å²) in [5.74, 6) is 0.554. The number of nitrogens with zero attached hydrogens (tertiary/aromatic N) is 5. The number of halogens is 2. The van der Waals surface area contributed by atoms with Gasteiger partial charge in [-0.2, -0.15) is 9.97 Å². The summed E-state index contributed by atoms with van der Waals surface area (Å²) in [5, 5.41) is 6.43. The molecule has 3 atom stereocenters. The first-order valence-electron chi connectivity index (χ1n) is 14.1. The third-order valence-corrected chi connectivity index (χ3v) is 9.79. The molecule has 0 saturated carbocycles. The molecule has 7 rings (SSSR count). The van der Waals surface area contributed by atoms with Crippen molar-refractivity contribution in [3.05, 3.63) is 34.4 Å². The van der Waals surface area contributed by atoms with Gasteiger partial charge in [0.2, 0.25) is 0 Å². The largest absolute Gasteiger partial charge is 0.462 e. The first-order chi connectivity index (χ1) is 19.4. The lowest BCUT2D eigenvalue weighted by molar-refractivity contribution is 0.138. The van der Waals surface area contributed by atoms with Gasteiger partial charge in [0.1, 0.15) is 23.8 Å². The van der Waals surface area contributed by atoms with Crippen LogP contribution in [0.15, 0.2) is 23.6 Å². The number of aromatic nitrogens is 3. The van der Waals surface area contributed by atoms with Gasteiger partial charge in [0, 0.05) is 59.2 Å². The predicted octanol–water partition coefficient (Wildman–Crippen LogP) is 5.47. The number of rotatable bonds is 6. The van der Waals surface area contributed by atoms with Gasteiger partial charge in [-0.1, -0.05) is 11.6 Å². The van der Waals surface area contributed by atoms with Crippen molar-refractivity contribution < 1.29 is 9.13 Å². The lowest BCUT2D eigenvalue weighted by Crippen LogP contribution is -2.51. The Kier molecular flexibility index (Phi) is 6.69. The smallest absolute Gasteiger partial charge is 0.319 e. The average Bonchev–Trinajstić information content (AvgIpc) is 3.66. The highest BCUT2D eigenvalue weighted by Gasteiger charge is 2.35. The van der Waals surface area contributed by atoms with Crippen molar-refractivity contribution in [1.29, 1.82) is 0 Å². The Hall–Kier alpha value is -2.79. The zero-order valence-corrected chi connectivity index (χ0v) is 24.2. The molecule has 40 heavy (non-hydrogen) atoms. The standard InChI is InChI=1S/C29H33ClFN7OS/c1-15(2)38-9-3-4-18(38)13-39-29-35-27-19(28(36-29)37-11-16-5-6-17(12-37)33-16)10-21(30)24(25(27)31)20-14-40-22-7-8-23(32)34-26(20)22/h7-8,10,14-18,33H,3-6,9,11-13H2,1-2H3,(H2,32,34)/t16?,17?,18-/m0/s1. The van der Waals surface area contributed by atoms with E-state index >= 15 is 4.39 Å². The van der Waals surface area contributed by atoms with Gasteiger partial charge < -0.3 is 20.7 Å². The van der Waals surface area contributed by atoms with Crippen molar-refractivity contribution in [2.75, 3.05) is 36.9 Å². The number of piperazine rings is 1. The zero-order valence-electron chi connectivity index (χ0n) is 22.7. The quantitative estimate of drug-likeness (QED) is 0.309. The molecular weight excluding hydrogens is 549 g/mol. The Morgan fingerprint density at radius 2 is 1.95 bits per heavy atom. The highest BCUT2D eigenvalue weighted by atomic mass is 35.5. The van der Waals surface area contributed by atoms with E-state index in [1.54, 1.807) is 12.1 Å². The molecule has 8 nitrogen and oxygen atoms in total. The molecule has 4 aromatic rings. The normalized spacial score (nSPS) is 23.2. The van der Waals surface area contributed by atoms with E-state index in [1.165, 1.54) is 11.3 Å². The van der Waals surface area contributed by atoms with Crippen LogP contribution in [0.25, 0.3) is 32.2 Å². The Morgan fingerprint density at radius 1 is 1.15 bits per heavy atom. The monoisotopic (exact) mass is 581 g/mol. The van der Waals surface area contributed by atoms with Crippen molar-refractivity contribution in [3.8, 4) is 17.1 Å². The summed E-state index contributed by atoms with van der Waals surface area (Å²) >= 11 is 8.32. The fourth-order valence-corrected chi connectivity index (χ4v) is 7.86. The molecule has 3 fully saturated rings. The lowest BCUT2D eigenvalue weighted by Gasteiger charge is -2.34. The summed E-state index contributed by atoms with van der Waals surface area (Å²) < 4.78 is 23.8. The molecule has 2 bridgehead atoms. The molecule has 0 spiro atoms. The van der Waals surface area contributed by atoms with Gasteiger partial charge >= 0.3 is 6.01 Å². The number of anilines is 2. The molecule has 210 valence electrons. The maximum Gasteiger partial charge on any atom is 0.319 e. The van der Waals surface area contributed by atoms with E-state index in [1.807, 2.05) is 11.4 Å². The van der Waals surface area contributed by atoms with E-state index in [4.69, 9.17) is 27.1 Å². The van der Waals surface area contributed by atoms with Crippen LogP contribution >= 0.6 is 22.9 Å². The zero-order chi connectivity index (χ0) is 27.5. The molecule has 3 N–H and O–H groups in total. The minimum absolute atomic E-state index is 0.203. The molecule has 3 aliphatic rings. The SMILES string of the molecule is CC(C)N1CCC[C@H]1COc1nc(N2CC3CCC(C2)N3)c2cc(Cl)c(-c3csc4ccc(N)nc34)c(F)c2n1.